The molecule has 16 heavy (non-hydrogen) atoms. The molecule has 0 aliphatic carbocycles. The van der Waals surface area contributed by atoms with E-state index in [2.05, 4.69) is 42.0 Å². The first-order valence-corrected chi connectivity index (χ1v) is 6.22. The third-order valence-electron chi connectivity index (χ3n) is 3.65. The Morgan fingerprint density at radius 3 is 2.50 bits per heavy atom. The van der Waals surface area contributed by atoms with Gasteiger partial charge in [-0.05, 0) is 44.6 Å². The van der Waals surface area contributed by atoms with Gasteiger partial charge in [-0.2, -0.15) is 0 Å². The quantitative estimate of drug-likeness (QED) is 0.767. The molecule has 1 fully saturated rings. The van der Waals surface area contributed by atoms with Crippen LogP contribution in [0.15, 0.2) is 24.3 Å². The Labute approximate surface area is 98.9 Å². The lowest BCUT2D eigenvalue weighted by Crippen LogP contribution is -2.43. The van der Waals surface area contributed by atoms with Gasteiger partial charge < -0.3 is 9.80 Å². The van der Waals surface area contributed by atoms with Crippen molar-refractivity contribution in [3.8, 4) is 0 Å². The minimum absolute atomic E-state index is 0.775. The van der Waals surface area contributed by atoms with Crippen LogP contribution in [0.4, 0.5) is 5.69 Å². The van der Waals surface area contributed by atoms with Crippen molar-refractivity contribution in [2.45, 2.75) is 25.8 Å². The van der Waals surface area contributed by atoms with Gasteiger partial charge in [0.2, 0.25) is 0 Å². The Bertz CT molecular complexity index is 302. The Kier molecular flexibility index (Phi) is 3.83. The summed E-state index contributed by atoms with van der Waals surface area (Å²) in [5.41, 5.74) is 1.34. The van der Waals surface area contributed by atoms with Gasteiger partial charge >= 0.3 is 0 Å². The molecule has 0 saturated carbocycles. The van der Waals surface area contributed by atoms with Crippen molar-refractivity contribution in [3.05, 3.63) is 30.3 Å². The van der Waals surface area contributed by atoms with Gasteiger partial charge in [-0.1, -0.05) is 19.1 Å². The van der Waals surface area contributed by atoms with E-state index in [1.54, 1.807) is 0 Å². The van der Waals surface area contributed by atoms with Crippen LogP contribution >= 0.6 is 0 Å². The third kappa shape index (κ3) is 2.56. The zero-order valence-electron chi connectivity index (χ0n) is 10.3. The zero-order valence-corrected chi connectivity index (χ0v) is 10.3. The normalized spacial score (nSPS) is 18.1. The van der Waals surface area contributed by atoms with E-state index in [1.165, 1.54) is 31.6 Å². The molecule has 0 atom stereocenters. The van der Waals surface area contributed by atoms with Crippen LogP contribution in [0.1, 0.15) is 19.8 Å². The summed E-state index contributed by atoms with van der Waals surface area (Å²) < 4.78 is 0. The zero-order chi connectivity index (χ0) is 11.4. The smallest absolute Gasteiger partial charge is 0.0366 e. The fourth-order valence-corrected chi connectivity index (χ4v) is 2.41. The standard InChI is InChI=1S/C14H21N2/c1-3-15(2)13-9-11-16(12-10-13)14-7-5-4-6-8-14/h5-8,13H,3,9-12H2,1-2H3. The lowest BCUT2D eigenvalue weighted by molar-refractivity contribution is 0.218. The van der Waals surface area contributed by atoms with E-state index in [4.69, 9.17) is 0 Å². The van der Waals surface area contributed by atoms with Gasteiger partial charge in [0, 0.05) is 24.8 Å². The maximum absolute atomic E-state index is 3.07. The molecule has 0 amide bonds. The Hall–Kier alpha value is -1.02. The number of piperidine rings is 1. The summed E-state index contributed by atoms with van der Waals surface area (Å²) in [6.07, 6.45) is 2.56. The topological polar surface area (TPSA) is 6.48 Å². The van der Waals surface area contributed by atoms with Crippen LogP contribution in [0.3, 0.4) is 0 Å². The van der Waals surface area contributed by atoms with Crippen LogP contribution in [-0.2, 0) is 0 Å². The maximum Gasteiger partial charge on any atom is 0.0366 e. The molecule has 0 bridgehead atoms. The summed E-state index contributed by atoms with van der Waals surface area (Å²) in [5.74, 6) is 0. The van der Waals surface area contributed by atoms with Crippen LogP contribution < -0.4 is 4.90 Å². The van der Waals surface area contributed by atoms with Crippen molar-refractivity contribution in [2.24, 2.45) is 0 Å². The summed E-state index contributed by atoms with van der Waals surface area (Å²) in [6.45, 7) is 5.75. The first-order valence-electron chi connectivity index (χ1n) is 6.22. The summed E-state index contributed by atoms with van der Waals surface area (Å²) in [6, 6.07) is 12.2. The highest BCUT2D eigenvalue weighted by Gasteiger charge is 2.21. The fraction of sp³-hybridized carbons (Fsp3) is 0.571. The van der Waals surface area contributed by atoms with E-state index in [1.807, 2.05) is 12.1 Å². The summed E-state index contributed by atoms with van der Waals surface area (Å²) in [5, 5.41) is 0. The SMILES string of the molecule is CCN(C)C1CCN(c2cc[c]cc2)CC1. The van der Waals surface area contributed by atoms with Crippen LogP contribution in [0, 0.1) is 6.07 Å². The lowest BCUT2D eigenvalue weighted by atomic mass is 10.0. The van der Waals surface area contributed by atoms with E-state index in [9.17, 15) is 0 Å². The Morgan fingerprint density at radius 1 is 1.31 bits per heavy atom. The molecule has 1 aliphatic rings. The molecule has 1 saturated heterocycles. The second kappa shape index (κ2) is 5.35. The maximum atomic E-state index is 3.07. The van der Waals surface area contributed by atoms with Crippen LogP contribution in [0.5, 0.6) is 0 Å². The van der Waals surface area contributed by atoms with Crippen molar-refractivity contribution >= 4 is 5.69 Å². The second-order valence-corrected chi connectivity index (χ2v) is 4.55. The van der Waals surface area contributed by atoms with Gasteiger partial charge in [0.15, 0.2) is 0 Å². The van der Waals surface area contributed by atoms with Crippen LogP contribution in [0.25, 0.3) is 0 Å². The average molecular weight is 217 g/mol. The van der Waals surface area contributed by atoms with Crippen LogP contribution in [-0.4, -0.2) is 37.6 Å². The highest BCUT2D eigenvalue weighted by atomic mass is 15.2. The molecule has 1 aromatic carbocycles. The average Bonchev–Trinajstić information content (AvgIpc) is 2.39. The molecular formula is C14H21N2. The van der Waals surface area contributed by atoms with E-state index < -0.39 is 0 Å². The number of anilines is 1. The molecular weight excluding hydrogens is 196 g/mol. The fourth-order valence-electron chi connectivity index (χ4n) is 2.41. The van der Waals surface area contributed by atoms with E-state index in [0.717, 1.165) is 12.6 Å². The van der Waals surface area contributed by atoms with Gasteiger partial charge in [0.1, 0.15) is 0 Å². The van der Waals surface area contributed by atoms with Crippen molar-refractivity contribution in [2.75, 3.05) is 31.6 Å². The number of hydrogen-bond donors (Lipinski definition) is 0. The number of benzene rings is 1. The highest BCUT2D eigenvalue weighted by molar-refractivity contribution is 5.46. The Morgan fingerprint density at radius 2 is 1.94 bits per heavy atom. The van der Waals surface area contributed by atoms with Crippen molar-refractivity contribution in [1.82, 2.24) is 4.90 Å². The number of rotatable bonds is 3. The van der Waals surface area contributed by atoms with Crippen LogP contribution in [0.2, 0.25) is 0 Å². The van der Waals surface area contributed by atoms with E-state index >= 15 is 0 Å². The molecule has 2 heteroatoms. The van der Waals surface area contributed by atoms with Crippen molar-refractivity contribution in [1.29, 1.82) is 0 Å². The summed E-state index contributed by atoms with van der Waals surface area (Å²) >= 11 is 0. The highest BCUT2D eigenvalue weighted by Crippen LogP contribution is 2.21. The molecule has 1 aromatic rings. The molecule has 1 heterocycles. The largest absolute Gasteiger partial charge is 0.371 e. The van der Waals surface area contributed by atoms with E-state index in [0.29, 0.717) is 0 Å². The molecule has 0 N–H and O–H groups in total. The molecule has 0 aromatic heterocycles. The van der Waals surface area contributed by atoms with Crippen molar-refractivity contribution < 1.29 is 0 Å². The molecule has 2 nitrogen and oxygen atoms in total. The molecule has 0 spiro atoms. The molecule has 87 valence electrons. The summed E-state index contributed by atoms with van der Waals surface area (Å²) in [4.78, 5) is 4.95. The molecule has 0 unspecified atom stereocenters. The monoisotopic (exact) mass is 217 g/mol. The first kappa shape index (κ1) is 11.5. The number of hydrogen-bond acceptors (Lipinski definition) is 2. The van der Waals surface area contributed by atoms with Gasteiger partial charge in [0.25, 0.3) is 0 Å². The van der Waals surface area contributed by atoms with Gasteiger partial charge in [-0.25, -0.2) is 0 Å². The first-order chi connectivity index (χ1) is 7.81. The van der Waals surface area contributed by atoms with Gasteiger partial charge in [-0.3, -0.25) is 0 Å². The molecule has 2 rings (SSSR count). The van der Waals surface area contributed by atoms with Gasteiger partial charge in [0.05, 0.1) is 0 Å². The lowest BCUT2D eigenvalue weighted by Gasteiger charge is -2.37. The van der Waals surface area contributed by atoms with E-state index in [-0.39, 0.29) is 0 Å². The predicted octanol–water partition coefficient (Wildman–Crippen LogP) is 2.41. The molecule has 1 aliphatic heterocycles. The van der Waals surface area contributed by atoms with Crippen molar-refractivity contribution in [3.63, 3.8) is 0 Å². The third-order valence-corrected chi connectivity index (χ3v) is 3.65. The summed E-state index contributed by atoms with van der Waals surface area (Å²) in [7, 11) is 2.23. The molecule has 1 radical (unpaired) electrons. The minimum Gasteiger partial charge on any atom is -0.371 e. The second-order valence-electron chi connectivity index (χ2n) is 4.55. The minimum atomic E-state index is 0.775. The van der Waals surface area contributed by atoms with Gasteiger partial charge in [-0.15, -0.1) is 0 Å². The number of nitrogens with zero attached hydrogens (tertiary/aromatic N) is 2. The Balaban J connectivity index is 1.91. The predicted molar refractivity (Wildman–Crippen MR) is 68.8 cm³/mol.